The van der Waals surface area contributed by atoms with Crippen LogP contribution in [0.3, 0.4) is 0 Å². The van der Waals surface area contributed by atoms with Gasteiger partial charge in [-0.2, -0.15) is 5.10 Å². The Hall–Kier alpha value is -1.86. The summed E-state index contributed by atoms with van der Waals surface area (Å²) in [5.41, 5.74) is 1.46. The van der Waals surface area contributed by atoms with Crippen LogP contribution in [0.1, 0.15) is 5.69 Å². The van der Waals surface area contributed by atoms with Gasteiger partial charge in [0.05, 0.1) is 11.4 Å². The zero-order valence-electron chi connectivity index (χ0n) is 10.6. The highest BCUT2D eigenvalue weighted by Gasteiger charge is 2.12. The van der Waals surface area contributed by atoms with E-state index in [9.17, 15) is 8.42 Å². The second kappa shape index (κ2) is 5.41. The molecule has 0 radical (unpaired) electrons. The second-order valence-electron chi connectivity index (χ2n) is 4.20. The molecule has 0 unspecified atom stereocenters. The van der Waals surface area contributed by atoms with Gasteiger partial charge in [-0.3, -0.25) is 4.68 Å². The van der Waals surface area contributed by atoms with E-state index in [1.807, 2.05) is 19.3 Å². The third-order valence-corrected chi connectivity index (χ3v) is 3.63. The Labute approximate surface area is 112 Å². The molecule has 3 N–H and O–H groups in total. The number of aromatic nitrogens is 2. The Morgan fingerprint density at radius 3 is 2.68 bits per heavy atom. The van der Waals surface area contributed by atoms with Gasteiger partial charge in [-0.15, -0.1) is 0 Å². The van der Waals surface area contributed by atoms with E-state index in [0.29, 0.717) is 18.7 Å². The summed E-state index contributed by atoms with van der Waals surface area (Å²) in [6.45, 7) is 0.587. The summed E-state index contributed by atoms with van der Waals surface area (Å²) < 4.78 is 24.6. The minimum Gasteiger partial charge on any atom is -0.384 e. The number of aryl methyl sites for hydroxylation is 1. The lowest BCUT2D eigenvalue weighted by atomic mass is 10.3. The molecule has 6 nitrogen and oxygen atoms in total. The van der Waals surface area contributed by atoms with Crippen LogP contribution in [-0.2, 0) is 23.5 Å². The van der Waals surface area contributed by atoms with Crippen LogP contribution in [0.4, 0.5) is 5.69 Å². The van der Waals surface area contributed by atoms with Gasteiger partial charge in [0.2, 0.25) is 10.0 Å². The molecule has 0 atom stereocenters. The first-order valence-corrected chi connectivity index (χ1v) is 7.35. The highest BCUT2D eigenvalue weighted by molar-refractivity contribution is 7.89. The summed E-state index contributed by atoms with van der Waals surface area (Å²) in [7, 11) is -1.85. The Kier molecular flexibility index (Phi) is 3.87. The molecule has 0 aliphatic rings. The average Bonchev–Trinajstić information content (AvgIpc) is 2.74. The quantitative estimate of drug-likeness (QED) is 0.844. The van der Waals surface area contributed by atoms with Gasteiger partial charge >= 0.3 is 0 Å². The van der Waals surface area contributed by atoms with Crippen LogP contribution < -0.4 is 10.5 Å². The first-order chi connectivity index (χ1) is 8.97. The van der Waals surface area contributed by atoms with E-state index in [-0.39, 0.29) is 4.90 Å². The standard InChI is InChI=1S/C12H16N4O2S/c1-16-9-7-10(15-16)6-8-14-11-4-2-3-5-12(11)19(13,17)18/h2-5,7,9,14H,6,8H2,1H3,(H2,13,17,18). The second-order valence-corrected chi connectivity index (χ2v) is 5.73. The van der Waals surface area contributed by atoms with E-state index < -0.39 is 10.0 Å². The number of sulfonamides is 1. The first kappa shape index (κ1) is 13.6. The van der Waals surface area contributed by atoms with Crippen molar-refractivity contribution in [1.82, 2.24) is 9.78 Å². The summed E-state index contributed by atoms with van der Waals surface area (Å²) in [6.07, 6.45) is 2.58. The molecular weight excluding hydrogens is 264 g/mol. The molecule has 0 amide bonds. The Morgan fingerprint density at radius 1 is 1.32 bits per heavy atom. The number of hydrogen-bond acceptors (Lipinski definition) is 4. The average molecular weight is 280 g/mol. The molecule has 0 saturated heterocycles. The maximum Gasteiger partial charge on any atom is 0.240 e. The molecule has 1 heterocycles. The van der Waals surface area contributed by atoms with Gasteiger partial charge in [-0.05, 0) is 18.2 Å². The van der Waals surface area contributed by atoms with Crippen LogP contribution in [0.2, 0.25) is 0 Å². The van der Waals surface area contributed by atoms with Crippen molar-refractivity contribution in [2.45, 2.75) is 11.3 Å². The van der Waals surface area contributed by atoms with Crippen molar-refractivity contribution in [3.63, 3.8) is 0 Å². The molecule has 7 heteroatoms. The van der Waals surface area contributed by atoms with Crippen molar-refractivity contribution < 1.29 is 8.42 Å². The number of hydrogen-bond donors (Lipinski definition) is 2. The number of benzene rings is 1. The van der Waals surface area contributed by atoms with Crippen molar-refractivity contribution in [2.24, 2.45) is 12.2 Å². The normalized spacial score (nSPS) is 11.5. The molecule has 1 aromatic heterocycles. The first-order valence-electron chi connectivity index (χ1n) is 5.81. The van der Waals surface area contributed by atoms with Gasteiger partial charge < -0.3 is 5.32 Å². The van der Waals surface area contributed by atoms with E-state index in [1.54, 1.807) is 22.9 Å². The number of nitrogens with one attached hydrogen (secondary N) is 1. The van der Waals surface area contributed by atoms with Crippen LogP contribution in [0, 0.1) is 0 Å². The van der Waals surface area contributed by atoms with E-state index in [2.05, 4.69) is 10.4 Å². The fraction of sp³-hybridized carbons (Fsp3) is 0.250. The molecule has 0 fully saturated rings. The zero-order chi connectivity index (χ0) is 13.9. The zero-order valence-corrected chi connectivity index (χ0v) is 11.4. The van der Waals surface area contributed by atoms with Crippen LogP contribution in [0.15, 0.2) is 41.4 Å². The van der Waals surface area contributed by atoms with Crippen molar-refractivity contribution in [3.8, 4) is 0 Å². The SMILES string of the molecule is Cn1ccc(CCNc2ccccc2S(N)(=O)=O)n1. The molecule has 2 aromatic rings. The predicted molar refractivity (Wildman–Crippen MR) is 73.2 cm³/mol. The Bertz CT molecular complexity index is 664. The van der Waals surface area contributed by atoms with E-state index in [1.165, 1.54) is 6.07 Å². The number of para-hydroxylation sites is 1. The van der Waals surface area contributed by atoms with Crippen molar-refractivity contribution >= 4 is 15.7 Å². The third-order valence-electron chi connectivity index (χ3n) is 2.66. The van der Waals surface area contributed by atoms with Gasteiger partial charge in [0.25, 0.3) is 0 Å². The van der Waals surface area contributed by atoms with Crippen LogP contribution in [0.25, 0.3) is 0 Å². The summed E-state index contributed by atoms with van der Waals surface area (Å²) >= 11 is 0. The van der Waals surface area contributed by atoms with Gasteiger partial charge in [-0.25, -0.2) is 13.6 Å². The predicted octanol–water partition coefficient (Wildman–Crippen LogP) is 0.722. The lowest BCUT2D eigenvalue weighted by Crippen LogP contribution is -2.16. The minimum absolute atomic E-state index is 0.107. The maximum atomic E-state index is 11.4. The van der Waals surface area contributed by atoms with Gasteiger partial charge in [0, 0.05) is 26.2 Å². The lowest BCUT2D eigenvalue weighted by molar-refractivity contribution is 0.598. The Balaban J connectivity index is 2.04. The molecular formula is C12H16N4O2S. The molecule has 0 spiro atoms. The van der Waals surface area contributed by atoms with E-state index in [0.717, 1.165) is 5.69 Å². The number of nitrogens with zero attached hydrogens (tertiary/aromatic N) is 2. The third kappa shape index (κ3) is 3.55. The minimum atomic E-state index is -3.71. The molecule has 0 bridgehead atoms. The van der Waals surface area contributed by atoms with Gasteiger partial charge in [-0.1, -0.05) is 12.1 Å². The molecule has 1 aromatic carbocycles. The monoisotopic (exact) mass is 280 g/mol. The lowest BCUT2D eigenvalue weighted by Gasteiger charge is -2.09. The van der Waals surface area contributed by atoms with Gasteiger partial charge in [0.15, 0.2) is 0 Å². The molecule has 102 valence electrons. The van der Waals surface area contributed by atoms with Gasteiger partial charge in [0.1, 0.15) is 4.90 Å². The van der Waals surface area contributed by atoms with Crippen molar-refractivity contribution in [2.75, 3.05) is 11.9 Å². The summed E-state index contributed by atoms with van der Waals surface area (Å²) in [5.74, 6) is 0. The molecule has 0 aliphatic heterocycles. The highest BCUT2D eigenvalue weighted by Crippen LogP contribution is 2.18. The van der Waals surface area contributed by atoms with Crippen LogP contribution in [0.5, 0.6) is 0 Å². The van der Waals surface area contributed by atoms with Crippen LogP contribution >= 0.6 is 0 Å². The largest absolute Gasteiger partial charge is 0.384 e. The fourth-order valence-corrected chi connectivity index (χ4v) is 2.50. The Morgan fingerprint density at radius 2 is 2.05 bits per heavy atom. The summed E-state index contributed by atoms with van der Waals surface area (Å²) in [5, 5.41) is 12.5. The summed E-state index contributed by atoms with van der Waals surface area (Å²) in [6, 6.07) is 8.51. The molecule has 2 rings (SSSR count). The molecule has 0 saturated carbocycles. The topological polar surface area (TPSA) is 90.0 Å². The summed E-state index contributed by atoms with van der Waals surface area (Å²) in [4.78, 5) is 0.107. The fourth-order valence-electron chi connectivity index (χ4n) is 1.78. The molecule has 19 heavy (non-hydrogen) atoms. The van der Waals surface area contributed by atoms with E-state index >= 15 is 0 Å². The van der Waals surface area contributed by atoms with Crippen molar-refractivity contribution in [3.05, 3.63) is 42.2 Å². The number of primary sulfonamides is 1. The number of anilines is 1. The number of rotatable bonds is 5. The highest BCUT2D eigenvalue weighted by atomic mass is 32.2. The van der Waals surface area contributed by atoms with Crippen molar-refractivity contribution in [1.29, 1.82) is 0 Å². The van der Waals surface area contributed by atoms with Crippen LogP contribution in [-0.4, -0.2) is 24.7 Å². The van der Waals surface area contributed by atoms with E-state index in [4.69, 9.17) is 5.14 Å². The number of nitrogens with two attached hydrogens (primary N) is 1. The molecule has 0 aliphatic carbocycles. The maximum absolute atomic E-state index is 11.4. The smallest absolute Gasteiger partial charge is 0.240 e.